The van der Waals surface area contributed by atoms with Gasteiger partial charge in [0.1, 0.15) is 11.3 Å². The SMILES string of the molecule is COc1ccc(C(C)NC(=O)c2cnc3sc4c(n3c2=O)CCCC4)cc1. The number of carbonyl (C=O) groups is 1. The van der Waals surface area contributed by atoms with Crippen LogP contribution in [0.4, 0.5) is 0 Å². The van der Waals surface area contributed by atoms with Crippen molar-refractivity contribution in [1.82, 2.24) is 14.7 Å². The van der Waals surface area contributed by atoms with Crippen molar-refractivity contribution in [1.29, 1.82) is 0 Å². The van der Waals surface area contributed by atoms with Gasteiger partial charge in [-0.25, -0.2) is 4.98 Å². The molecular formula is C20H21N3O3S. The van der Waals surface area contributed by atoms with E-state index in [2.05, 4.69) is 10.3 Å². The molecular weight excluding hydrogens is 362 g/mol. The van der Waals surface area contributed by atoms with Gasteiger partial charge in [0.15, 0.2) is 4.96 Å². The second-order valence-electron chi connectivity index (χ2n) is 6.74. The van der Waals surface area contributed by atoms with Crippen LogP contribution >= 0.6 is 11.3 Å². The Balaban J connectivity index is 1.62. The number of nitrogens with zero attached hydrogens (tertiary/aromatic N) is 2. The highest BCUT2D eigenvalue weighted by atomic mass is 32.1. The summed E-state index contributed by atoms with van der Waals surface area (Å²) in [7, 11) is 1.61. The minimum absolute atomic E-state index is 0.0824. The summed E-state index contributed by atoms with van der Waals surface area (Å²) < 4.78 is 6.79. The molecule has 0 saturated carbocycles. The number of hydrogen-bond acceptors (Lipinski definition) is 5. The highest BCUT2D eigenvalue weighted by molar-refractivity contribution is 7.17. The van der Waals surface area contributed by atoms with E-state index in [9.17, 15) is 9.59 Å². The quantitative estimate of drug-likeness (QED) is 0.751. The van der Waals surface area contributed by atoms with Crippen LogP contribution in [0.15, 0.2) is 35.3 Å². The number of hydrogen-bond donors (Lipinski definition) is 1. The largest absolute Gasteiger partial charge is 0.497 e. The number of amides is 1. The number of benzene rings is 1. The minimum Gasteiger partial charge on any atom is -0.497 e. The number of ether oxygens (including phenoxy) is 1. The normalized spacial score (nSPS) is 14.6. The molecule has 1 unspecified atom stereocenters. The van der Waals surface area contributed by atoms with Crippen molar-refractivity contribution < 1.29 is 9.53 Å². The molecule has 1 aliphatic carbocycles. The fourth-order valence-corrected chi connectivity index (χ4v) is 4.64. The Morgan fingerprint density at radius 1 is 1.26 bits per heavy atom. The maximum absolute atomic E-state index is 13.0. The van der Waals surface area contributed by atoms with Crippen LogP contribution < -0.4 is 15.6 Å². The lowest BCUT2D eigenvalue weighted by atomic mass is 10.0. The average molecular weight is 383 g/mol. The van der Waals surface area contributed by atoms with Crippen molar-refractivity contribution in [2.45, 2.75) is 38.6 Å². The molecule has 1 amide bonds. The zero-order chi connectivity index (χ0) is 19.0. The smallest absolute Gasteiger partial charge is 0.271 e. The Morgan fingerprint density at radius 3 is 2.74 bits per heavy atom. The fourth-order valence-electron chi connectivity index (χ4n) is 3.47. The third-order valence-corrected chi connectivity index (χ3v) is 6.17. The van der Waals surface area contributed by atoms with Gasteiger partial charge in [-0.05, 0) is 50.3 Å². The predicted octanol–water partition coefficient (Wildman–Crippen LogP) is 3.13. The molecule has 0 radical (unpaired) electrons. The third-order valence-electron chi connectivity index (χ3n) is 5.01. The van der Waals surface area contributed by atoms with E-state index in [1.165, 1.54) is 11.1 Å². The van der Waals surface area contributed by atoms with E-state index in [0.29, 0.717) is 4.96 Å². The summed E-state index contributed by atoms with van der Waals surface area (Å²) in [5, 5.41) is 2.90. The topological polar surface area (TPSA) is 72.7 Å². The van der Waals surface area contributed by atoms with Gasteiger partial charge in [-0.15, -0.1) is 11.3 Å². The summed E-state index contributed by atoms with van der Waals surface area (Å²) in [6.07, 6.45) is 5.45. The zero-order valence-electron chi connectivity index (χ0n) is 15.3. The van der Waals surface area contributed by atoms with Crippen molar-refractivity contribution in [2.75, 3.05) is 7.11 Å². The summed E-state index contributed by atoms with van der Waals surface area (Å²) in [6, 6.07) is 7.25. The van der Waals surface area contributed by atoms with Gasteiger partial charge in [0, 0.05) is 16.8 Å². The summed E-state index contributed by atoms with van der Waals surface area (Å²) >= 11 is 1.56. The van der Waals surface area contributed by atoms with Crippen LogP contribution in [0.2, 0.25) is 0 Å². The van der Waals surface area contributed by atoms with Crippen LogP contribution in [0, 0.1) is 0 Å². The molecule has 7 heteroatoms. The first kappa shape index (κ1) is 17.7. The Labute approximate surface area is 160 Å². The van der Waals surface area contributed by atoms with Gasteiger partial charge in [-0.1, -0.05) is 12.1 Å². The summed E-state index contributed by atoms with van der Waals surface area (Å²) in [5.41, 5.74) is 1.76. The zero-order valence-corrected chi connectivity index (χ0v) is 16.1. The van der Waals surface area contributed by atoms with Crippen LogP contribution in [0.3, 0.4) is 0 Å². The minimum atomic E-state index is -0.402. The second-order valence-corrected chi connectivity index (χ2v) is 7.80. The van der Waals surface area contributed by atoms with E-state index in [4.69, 9.17) is 4.74 Å². The Hall–Kier alpha value is -2.67. The Kier molecular flexibility index (Phi) is 4.70. The lowest BCUT2D eigenvalue weighted by Crippen LogP contribution is -2.33. The molecule has 1 atom stereocenters. The molecule has 2 heterocycles. The van der Waals surface area contributed by atoms with Crippen molar-refractivity contribution in [3.8, 4) is 5.75 Å². The van der Waals surface area contributed by atoms with Crippen LogP contribution in [0.5, 0.6) is 5.75 Å². The standard InChI is InChI=1S/C20H21N3O3S/c1-12(13-7-9-14(26-2)10-8-13)22-18(24)15-11-21-20-23(19(15)25)16-5-3-4-6-17(16)27-20/h7-12H,3-6H2,1-2H3,(H,22,24). The van der Waals surface area contributed by atoms with Crippen LogP contribution in [0.1, 0.15) is 52.3 Å². The average Bonchev–Trinajstić information content (AvgIpc) is 3.07. The molecule has 1 N–H and O–H groups in total. The van der Waals surface area contributed by atoms with Gasteiger partial charge >= 0.3 is 0 Å². The number of aromatic nitrogens is 2. The third kappa shape index (κ3) is 3.23. The number of methoxy groups -OCH3 is 1. The molecule has 0 bridgehead atoms. The lowest BCUT2D eigenvalue weighted by Gasteiger charge is -2.15. The molecule has 6 nitrogen and oxygen atoms in total. The molecule has 4 rings (SSSR count). The van der Waals surface area contributed by atoms with Gasteiger partial charge in [0.05, 0.1) is 13.2 Å². The number of carbonyl (C=O) groups excluding carboxylic acids is 1. The van der Waals surface area contributed by atoms with Crippen LogP contribution in [0.25, 0.3) is 4.96 Å². The van der Waals surface area contributed by atoms with Gasteiger partial charge in [0.2, 0.25) is 0 Å². The molecule has 0 fully saturated rings. The van der Waals surface area contributed by atoms with E-state index in [1.807, 2.05) is 31.2 Å². The van der Waals surface area contributed by atoms with E-state index < -0.39 is 5.91 Å². The maximum Gasteiger partial charge on any atom is 0.271 e. The number of thiazole rings is 1. The van der Waals surface area contributed by atoms with E-state index >= 15 is 0 Å². The molecule has 1 aromatic carbocycles. The molecule has 1 aliphatic rings. The monoisotopic (exact) mass is 383 g/mol. The predicted molar refractivity (Wildman–Crippen MR) is 105 cm³/mol. The number of rotatable bonds is 4. The fraction of sp³-hybridized carbons (Fsp3) is 0.350. The molecule has 2 aromatic heterocycles. The van der Waals surface area contributed by atoms with Crippen molar-refractivity contribution in [2.24, 2.45) is 0 Å². The lowest BCUT2D eigenvalue weighted by molar-refractivity contribution is 0.0938. The molecule has 0 saturated heterocycles. The molecule has 0 spiro atoms. The second kappa shape index (κ2) is 7.15. The number of nitrogens with one attached hydrogen (secondary N) is 1. The summed E-state index contributed by atoms with van der Waals surface area (Å²) in [6.45, 7) is 1.88. The molecule has 0 aliphatic heterocycles. The van der Waals surface area contributed by atoms with E-state index in [-0.39, 0.29) is 17.2 Å². The van der Waals surface area contributed by atoms with Crippen LogP contribution in [-0.2, 0) is 12.8 Å². The van der Waals surface area contributed by atoms with Crippen molar-refractivity contribution in [3.63, 3.8) is 0 Å². The summed E-state index contributed by atoms with van der Waals surface area (Å²) in [5.74, 6) is 0.355. The van der Waals surface area contributed by atoms with Gasteiger partial charge in [0.25, 0.3) is 11.5 Å². The maximum atomic E-state index is 13.0. The first-order valence-corrected chi connectivity index (χ1v) is 9.87. The Bertz CT molecular complexity index is 1050. The first-order valence-electron chi connectivity index (χ1n) is 9.05. The van der Waals surface area contributed by atoms with E-state index in [1.54, 1.807) is 22.8 Å². The van der Waals surface area contributed by atoms with Crippen molar-refractivity contribution >= 4 is 22.2 Å². The highest BCUT2D eigenvalue weighted by Gasteiger charge is 2.22. The number of fused-ring (bicyclic) bond motifs is 3. The molecule has 3 aromatic rings. The summed E-state index contributed by atoms with van der Waals surface area (Å²) in [4.78, 5) is 31.9. The van der Waals surface area contributed by atoms with Crippen molar-refractivity contribution in [3.05, 3.63) is 62.5 Å². The number of aryl methyl sites for hydroxylation is 2. The first-order chi connectivity index (χ1) is 13.1. The Morgan fingerprint density at radius 2 is 2.00 bits per heavy atom. The van der Waals surface area contributed by atoms with Gasteiger partial charge < -0.3 is 10.1 Å². The van der Waals surface area contributed by atoms with Gasteiger partial charge in [-0.2, -0.15) is 0 Å². The highest BCUT2D eigenvalue weighted by Crippen LogP contribution is 2.28. The van der Waals surface area contributed by atoms with E-state index in [0.717, 1.165) is 42.7 Å². The molecule has 140 valence electrons. The van der Waals surface area contributed by atoms with Gasteiger partial charge in [-0.3, -0.25) is 14.0 Å². The van der Waals surface area contributed by atoms with Crippen LogP contribution in [-0.4, -0.2) is 22.4 Å². The molecule has 27 heavy (non-hydrogen) atoms.